The van der Waals surface area contributed by atoms with Gasteiger partial charge in [-0.3, -0.25) is 4.79 Å². The number of hydrogen-bond donors (Lipinski definition) is 1. The number of nitrogens with one attached hydrogen (secondary N) is 1. The number of hydrogen-bond acceptors (Lipinski definition) is 5. The largest absolute Gasteiger partial charge is 0.491 e. The van der Waals surface area contributed by atoms with Gasteiger partial charge >= 0.3 is 0 Å². The third-order valence-electron chi connectivity index (χ3n) is 3.27. The van der Waals surface area contributed by atoms with Gasteiger partial charge in [0.2, 0.25) is 6.79 Å². The van der Waals surface area contributed by atoms with Gasteiger partial charge in [-0.05, 0) is 61.9 Å². The lowest BCUT2D eigenvalue weighted by molar-refractivity contribution is 0.0954. The molecule has 6 nitrogen and oxygen atoms in total. The molecule has 0 spiro atoms. The van der Waals surface area contributed by atoms with E-state index in [1.165, 1.54) is 0 Å². The first-order chi connectivity index (χ1) is 11.6. The van der Waals surface area contributed by atoms with Gasteiger partial charge in [0.1, 0.15) is 5.75 Å². The summed E-state index contributed by atoms with van der Waals surface area (Å²) in [4.78, 5) is 12.1. The van der Waals surface area contributed by atoms with E-state index in [-0.39, 0.29) is 18.8 Å². The van der Waals surface area contributed by atoms with Gasteiger partial charge in [-0.25, -0.2) is 5.43 Å². The molecule has 0 aliphatic carbocycles. The first kappa shape index (κ1) is 15.9. The topological polar surface area (TPSA) is 69.2 Å². The third-order valence-corrected chi connectivity index (χ3v) is 3.27. The summed E-state index contributed by atoms with van der Waals surface area (Å²) in [5.74, 6) is 1.68. The molecule has 1 N–H and O–H groups in total. The Morgan fingerprint density at radius 2 is 1.92 bits per heavy atom. The Kier molecular flexibility index (Phi) is 4.65. The van der Waals surface area contributed by atoms with Crippen molar-refractivity contribution in [1.82, 2.24) is 5.43 Å². The fourth-order valence-electron chi connectivity index (χ4n) is 2.17. The SMILES string of the molecule is CC(C)Oc1ccc(/C=N\NC(=O)c2ccc3c(c2)OCO3)cc1. The molecular weight excluding hydrogens is 308 g/mol. The average Bonchev–Trinajstić information content (AvgIpc) is 3.03. The van der Waals surface area contributed by atoms with Gasteiger partial charge in [0.25, 0.3) is 5.91 Å². The van der Waals surface area contributed by atoms with Gasteiger partial charge < -0.3 is 14.2 Å². The highest BCUT2D eigenvalue weighted by Crippen LogP contribution is 2.32. The molecule has 3 rings (SSSR count). The van der Waals surface area contributed by atoms with Crippen LogP contribution in [0.4, 0.5) is 0 Å². The predicted molar refractivity (Wildman–Crippen MR) is 89.8 cm³/mol. The maximum absolute atomic E-state index is 12.1. The lowest BCUT2D eigenvalue weighted by Gasteiger charge is -2.09. The summed E-state index contributed by atoms with van der Waals surface area (Å²) < 4.78 is 16.0. The smallest absolute Gasteiger partial charge is 0.271 e. The molecule has 1 aliphatic rings. The summed E-state index contributed by atoms with van der Waals surface area (Å²) in [5, 5.41) is 3.96. The van der Waals surface area contributed by atoms with Crippen molar-refractivity contribution in [3.8, 4) is 17.2 Å². The van der Waals surface area contributed by atoms with Crippen LogP contribution in [0, 0.1) is 0 Å². The second-order valence-electron chi connectivity index (χ2n) is 5.50. The highest BCUT2D eigenvalue weighted by atomic mass is 16.7. The third kappa shape index (κ3) is 3.84. The van der Waals surface area contributed by atoms with Gasteiger partial charge in [0.15, 0.2) is 11.5 Å². The number of ether oxygens (including phenoxy) is 3. The summed E-state index contributed by atoms with van der Waals surface area (Å²) in [6.45, 7) is 4.12. The van der Waals surface area contributed by atoms with Crippen LogP contribution in [0.25, 0.3) is 0 Å². The van der Waals surface area contributed by atoms with Crippen molar-refractivity contribution in [3.63, 3.8) is 0 Å². The van der Waals surface area contributed by atoms with Crippen molar-refractivity contribution < 1.29 is 19.0 Å². The first-order valence-electron chi connectivity index (χ1n) is 7.61. The van der Waals surface area contributed by atoms with Gasteiger partial charge in [0.05, 0.1) is 12.3 Å². The van der Waals surface area contributed by atoms with E-state index in [0.717, 1.165) is 11.3 Å². The molecule has 1 heterocycles. The van der Waals surface area contributed by atoms with E-state index in [4.69, 9.17) is 14.2 Å². The molecule has 0 atom stereocenters. The van der Waals surface area contributed by atoms with Gasteiger partial charge in [-0.1, -0.05) is 0 Å². The number of benzene rings is 2. The standard InChI is InChI=1S/C18H18N2O4/c1-12(2)24-15-6-3-13(4-7-15)10-19-20-18(21)14-5-8-16-17(9-14)23-11-22-16/h3-10,12H,11H2,1-2H3,(H,20,21)/b19-10-. The molecule has 2 aromatic rings. The van der Waals surface area contributed by atoms with Crippen molar-refractivity contribution in [2.45, 2.75) is 20.0 Å². The Hall–Kier alpha value is -3.02. The van der Waals surface area contributed by atoms with Crippen molar-refractivity contribution in [3.05, 3.63) is 53.6 Å². The zero-order valence-electron chi connectivity index (χ0n) is 13.5. The number of hydrazone groups is 1. The van der Waals surface area contributed by atoms with Crippen LogP contribution in [0.1, 0.15) is 29.8 Å². The molecule has 0 radical (unpaired) electrons. The molecule has 6 heteroatoms. The monoisotopic (exact) mass is 326 g/mol. The molecule has 0 fully saturated rings. The minimum atomic E-state index is -0.315. The molecule has 124 valence electrons. The van der Waals surface area contributed by atoms with Crippen LogP contribution < -0.4 is 19.6 Å². The van der Waals surface area contributed by atoms with Crippen molar-refractivity contribution >= 4 is 12.1 Å². The quantitative estimate of drug-likeness (QED) is 0.677. The fraction of sp³-hybridized carbons (Fsp3) is 0.222. The highest BCUT2D eigenvalue weighted by molar-refractivity contribution is 5.95. The van der Waals surface area contributed by atoms with Crippen molar-refractivity contribution in [2.24, 2.45) is 5.10 Å². The van der Waals surface area contributed by atoms with E-state index in [1.807, 2.05) is 38.1 Å². The van der Waals surface area contributed by atoms with Crippen molar-refractivity contribution in [1.29, 1.82) is 0 Å². The minimum absolute atomic E-state index is 0.130. The molecule has 0 bridgehead atoms. The Balaban J connectivity index is 1.58. The summed E-state index contributed by atoms with van der Waals surface area (Å²) >= 11 is 0. The number of carbonyl (C=O) groups excluding carboxylic acids is 1. The van der Waals surface area contributed by atoms with Crippen LogP contribution in [-0.4, -0.2) is 25.0 Å². The summed E-state index contributed by atoms with van der Waals surface area (Å²) in [6.07, 6.45) is 1.70. The van der Waals surface area contributed by atoms with E-state index in [2.05, 4.69) is 10.5 Å². The van der Waals surface area contributed by atoms with Crippen LogP contribution in [0.15, 0.2) is 47.6 Å². The van der Waals surface area contributed by atoms with Gasteiger partial charge in [-0.15, -0.1) is 0 Å². The molecule has 0 unspecified atom stereocenters. The van der Waals surface area contributed by atoms with E-state index >= 15 is 0 Å². The average molecular weight is 326 g/mol. The molecule has 0 aromatic heterocycles. The summed E-state index contributed by atoms with van der Waals surface area (Å²) in [7, 11) is 0. The Bertz CT molecular complexity index is 754. The Morgan fingerprint density at radius 3 is 2.67 bits per heavy atom. The molecular formula is C18H18N2O4. The first-order valence-corrected chi connectivity index (χ1v) is 7.61. The predicted octanol–water partition coefficient (Wildman–Crippen LogP) is 2.97. The van der Waals surface area contributed by atoms with E-state index in [1.54, 1.807) is 24.4 Å². The highest BCUT2D eigenvalue weighted by Gasteiger charge is 2.15. The van der Waals surface area contributed by atoms with Crippen LogP contribution >= 0.6 is 0 Å². The molecule has 2 aromatic carbocycles. The van der Waals surface area contributed by atoms with Crippen LogP contribution in [0.2, 0.25) is 0 Å². The summed E-state index contributed by atoms with van der Waals surface area (Å²) in [5.41, 5.74) is 3.80. The molecule has 1 amide bonds. The van der Waals surface area contributed by atoms with E-state index in [9.17, 15) is 4.79 Å². The second-order valence-corrected chi connectivity index (χ2v) is 5.50. The van der Waals surface area contributed by atoms with Crippen LogP contribution in [-0.2, 0) is 0 Å². The number of rotatable bonds is 5. The normalized spacial score (nSPS) is 12.6. The zero-order valence-corrected chi connectivity index (χ0v) is 13.5. The molecule has 1 aliphatic heterocycles. The maximum atomic E-state index is 12.1. The second kappa shape index (κ2) is 7.04. The van der Waals surface area contributed by atoms with Crippen molar-refractivity contribution in [2.75, 3.05) is 6.79 Å². The number of amides is 1. The van der Waals surface area contributed by atoms with E-state index < -0.39 is 0 Å². The molecule has 0 saturated carbocycles. The zero-order chi connectivity index (χ0) is 16.9. The van der Waals surface area contributed by atoms with Crippen LogP contribution in [0.3, 0.4) is 0 Å². The number of nitrogens with zero attached hydrogens (tertiary/aromatic N) is 1. The Morgan fingerprint density at radius 1 is 1.17 bits per heavy atom. The van der Waals surface area contributed by atoms with Gasteiger partial charge in [-0.2, -0.15) is 5.10 Å². The summed E-state index contributed by atoms with van der Waals surface area (Å²) in [6, 6.07) is 12.5. The van der Waals surface area contributed by atoms with E-state index in [0.29, 0.717) is 17.1 Å². The molecule has 0 saturated heterocycles. The van der Waals surface area contributed by atoms with Gasteiger partial charge in [0, 0.05) is 5.56 Å². The number of carbonyl (C=O) groups is 1. The number of fused-ring (bicyclic) bond motifs is 1. The molecule has 24 heavy (non-hydrogen) atoms. The van der Waals surface area contributed by atoms with Crippen LogP contribution in [0.5, 0.6) is 17.2 Å². The Labute approximate surface area is 140 Å². The lowest BCUT2D eigenvalue weighted by atomic mass is 10.2. The fourth-order valence-corrected chi connectivity index (χ4v) is 2.17. The lowest BCUT2D eigenvalue weighted by Crippen LogP contribution is -2.17. The maximum Gasteiger partial charge on any atom is 0.271 e. The minimum Gasteiger partial charge on any atom is -0.491 e.